The standard InChI is InChI=1S/C19H14N2O5/c1-11(12(2)22)17(13-7-9-14(10-8-13)21(25)26)20-18(23)15-5-3-4-6-16(15)19(20)24/h3-10,17H,1H2,2H3. The lowest BCUT2D eigenvalue weighted by Gasteiger charge is -2.27. The third-order valence-corrected chi connectivity index (χ3v) is 4.29. The number of hydrogen-bond acceptors (Lipinski definition) is 5. The smallest absolute Gasteiger partial charge is 0.269 e. The zero-order valence-electron chi connectivity index (χ0n) is 13.8. The highest BCUT2D eigenvalue weighted by molar-refractivity contribution is 6.22. The Morgan fingerprint density at radius 3 is 1.96 bits per heavy atom. The minimum Gasteiger partial charge on any atom is -0.295 e. The van der Waals surface area contributed by atoms with Crippen molar-refractivity contribution in [2.45, 2.75) is 13.0 Å². The second kappa shape index (κ2) is 6.36. The third kappa shape index (κ3) is 2.69. The summed E-state index contributed by atoms with van der Waals surface area (Å²) in [7, 11) is 0. The van der Waals surface area contributed by atoms with Gasteiger partial charge in [0.15, 0.2) is 5.78 Å². The number of benzene rings is 2. The van der Waals surface area contributed by atoms with E-state index >= 15 is 0 Å². The van der Waals surface area contributed by atoms with Crippen molar-refractivity contribution < 1.29 is 19.3 Å². The number of hydrogen-bond donors (Lipinski definition) is 0. The molecule has 0 saturated heterocycles. The molecule has 0 fully saturated rings. The average molecular weight is 350 g/mol. The van der Waals surface area contributed by atoms with Crippen LogP contribution in [0.2, 0.25) is 0 Å². The number of nitro benzene ring substituents is 1. The van der Waals surface area contributed by atoms with Crippen LogP contribution >= 0.6 is 0 Å². The number of carbonyl (C=O) groups excluding carboxylic acids is 3. The minimum absolute atomic E-state index is 0.0494. The largest absolute Gasteiger partial charge is 0.295 e. The van der Waals surface area contributed by atoms with Crippen molar-refractivity contribution in [1.82, 2.24) is 4.90 Å². The molecule has 0 radical (unpaired) electrons. The molecule has 1 aliphatic heterocycles. The highest BCUT2D eigenvalue weighted by atomic mass is 16.6. The summed E-state index contributed by atoms with van der Waals surface area (Å²) < 4.78 is 0. The van der Waals surface area contributed by atoms with Gasteiger partial charge in [-0.1, -0.05) is 18.7 Å². The molecule has 0 saturated carbocycles. The highest BCUT2D eigenvalue weighted by Crippen LogP contribution is 2.36. The van der Waals surface area contributed by atoms with E-state index in [0.29, 0.717) is 5.56 Å². The molecule has 7 nitrogen and oxygen atoms in total. The number of carbonyl (C=O) groups is 3. The van der Waals surface area contributed by atoms with Crippen molar-refractivity contribution in [2.24, 2.45) is 0 Å². The molecular formula is C19H14N2O5. The van der Waals surface area contributed by atoms with Crippen molar-refractivity contribution >= 4 is 23.3 Å². The summed E-state index contributed by atoms with van der Waals surface area (Å²) in [5.41, 5.74) is 0.809. The Labute approximate surface area is 148 Å². The van der Waals surface area contributed by atoms with E-state index in [1.807, 2.05) is 0 Å². The van der Waals surface area contributed by atoms with Crippen LogP contribution in [0.5, 0.6) is 0 Å². The number of nitro groups is 1. The van der Waals surface area contributed by atoms with Gasteiger partial charge < -0.3 is 0 Å². The lowest BCUT2D eigenvalue weighted by Crippen LogP contribution is -2.36. The summed E-state index contributed by atoms with van der Waals surface area (Å²) in [4.78, 5) is 48.7. The van der Waals surface area contributed by atoms with E-state index in [1.165, 1.54) is 31.2 Å². The first-order valence-electron chi connectivity index (χ1n) is 7.74. The lowest BCUT2D eigenvalue weighted by atomic mass is 9.95. The van der Waals surface area contributed by atoms with Crippen LogP contribution in [0.15, 0.2) is 60.7 Å². The Bertz CT molecular complexity index is 927. The number of rotatable bonds is 5. The van der Waals surface area contributed by atoms with Gasteiger partial charge in [-0.2, -0.15) is 0 Å². The van der Waals surface area contributed by atoms with Gasteiger partial charge in [-0.25, -0.2) is 0 Å². The molecular weight excluding hydrogens is 336 g/mol. The predicted molar refractivity (Wildman–Crippen MR) is 92.6 cm³/mol. The molecule has 1 aliphatic rings. The molecule has 2 aromatic rings. The van der Waals surface area contributed by atoms with E-state index in [4.69, 9.17) is 0 Å². The van der Waals surface area contributed by atoms with E-state index in [2.05, 4.69) is 6.58 Å². The molecule has 26 heavy (non-hydrogen) atoms. The molecule has 2 aromatic carbocycles. The first kappa shape index (κ1) is 17.2. The summed E-state index contributed by atoms with van der Waals surface area (Å²) >= 11 is 0. The number of ketones is 1. The van der Waals surface area contributed by atoms with E-state index < -0.39 is 22.8 Å². The van der Waals surface area contributed by atoms with Crippen LogP contribution in [-0.4, -0.2) is 27.4 Å². The Morgan fingerprint density at radius 1 is 1.04 bits per heavy atom. The topological polar surface area (TPSA) is 97.6 Å². The van der Waals surface area contributed by atoms with Crippen LogP contribution in [-0.2, 0) is 4.79 Å². The van der Waals surface area contributed by atoms with Crippen LogP contribution in [0.3, 0.4) is 0 Å². The summed E-state index contributed by atoms with van der Waals surface area (Å²) in [5.74, 6) is -1.45. The molecule has 3 rings (SSSR count). The molecule has 0 aromatic heterocycles. The fourth-order valence-electron chi connectivity index (χ4n) is 2.92. The summed E-state index contributed by atoms with van der Waals surface area (Å²) in [6, 6.07) is 10.7. The summed E-state index contributed by atoms with van der Waals surface area (Å²) in [5, 5.41) is 10.8. The molecule has 2 amide bonds. The zero-order valence-corrected chi connectivity index (χ0v) is 13.8. The first-order valence-corrected chi connectivity index (χ1v) is 7.74. The fourth-order valence-corrected chi connectivity index (χ4v) is 2.92. The molecule has 1 atom stereocenters. The van der Waals surface area contributed by atoms with Gasteiger partial charge in [-0.3, -0.25) is 29.4 Å². The number of Topliss-reactive ketones (excluding diaryl/α,β-unsaturated/α-hetero) is 1. The molecule has 0 spiro atoms. The lowest BCUT2D eigenvalue weighted by molar-refractivity contribution is -0.384. The molecule has 0 N–H and O–H groups in total. The second-order valence-corrected chi connectivity index (χ2v) is 5.86. The normalized spacial score (nSPS) is 14.1. The van der Waals surface area contributed by atoms with Crippen LogP contribution in [0.25, 0.3) is 0 Å². The molecule has 1 unspecified atom stereocenters. The maximum absolute atomic E-state index is 12.8. The quantitative estimate of drug-likeness (QED) is 0.357. The van der Waals surface area contributed by atoms with Gasteiger partial charge in [0.25, 0.3) is 17.5 Å². The van der Waals surface area contributed by atoms with Gasteiger partial charge >= 0.3 is 0 Å². The van der Waals surface area contributed by atoms with Crippen LogP contribution < -0.4 is 0 Å². The van der Waals surface area contributed by atoms with E-state index in [9.17, 15) is 24.5 Å². The molecule has 0 aliphatic carbocycles. The van der Waals surface area contributed by atoms with Crippen molar-refractivity contribution in [2.75, 3.05) is 0 Å². The zero-order chi connectivity index (χ0) is 19.0. The van der Waals surface area contributed by atoms with E-state index in [-0.39, 0.29) is 28.2 Å². The maximum atomic E-state index is 12.8. The van der Waals surface area contributed by atoms with Crippen molar-refractivity contribution in [3.8, 4) is 0 Å². The van der Waals surface area contributed by atoms with Crippen LogP contribution in [0.4, 0.5) is 5.69 Å². The maximum Gasteiger partial charge on any atom is 0.269 e. The van der Waals surface area contributed by atoms with Gasteiger partial charge in [0.05, 0.1) is 22.1 Å². The minimum atomic E-state index is -1.03. The highest BCUT2D eigenvalue weighted by Gasteiger charge is 2.42. The van der Waals surface area contributed by atoms with Gasteiger partial charge in [0, 0.05) is 17.7 Å². The number of fused-ring (bicyclic) bond motifs is 1. The second-order valence-electron chi connectivity index (χ2n) is 5.86. The first-order chi connectivity index (χ1) is 12.3. The van der Waals surface area contributed by atoms with E-state index in [1.54, 1.807) is 24.3 Å². The van der Waals surface area contributed by atoms with Gasteiger partial charge in [-0.05, 0) is 36.8 Å². The van der Waals surface area contributed by atoms with Gasteiger partial charge in [0.2, 0.25) is 0 Å². The van der Waals surface area contributed by atoms with Gasteiger partial charge in [-0.15, -0.1) is 0 Å². The third-order valence-electron chi connectivity index (χ3n) is 4.29. The van der Waals surface area contributed by atoms with Crippen LogP contribution in [0, 0.1) is 10.1 Å². The predicted octanol–water partition coefficient (Wildman–Crippen LogP) is 3.08. The Balaban J connectivity index is 2.10. The Kier molecular flexibility index (Phi) is 4.21. The Morgan fingerprint density at radius 2 is 1.54 bits per heavy atom. The summed E-state index contributed by atoms with van der Waals surface area (Å²) in [6.07, 6.45) is 0. The summed E-state index contributed by atoms with van der Waals surface area (Å²) in [6.45, 7) is 5.03. The fraction of sp³-hybridized carbons (Fsp3) is 0.105. The number of non-ortho nitro benzene ring substituents is 1. The number of nitrogens with zero attached hydrogens (tertiary/aromatic N) is 2. The molecule has 1 heterocycles. The number of amides is 2. The van der Waals surface area contributed by atoms with Crippen molar-refractivity contribution in [3.63, 3.8) is 0 Å². The van der Waals surface area contributed by atoms with Crippen molar-refractivity contribution in [1.29, 1.82) is 0 Å². The van der Waals surface area contributed by atoms with Crippen LogP contribution in [0.1, 0.15) is 39.2 Å². The Hall–Kier alpha value is -3.61. The molecule has 0 bridgehead atoms. The SMILES string of the molecule is C=C(C(C)=O)C(c1ccc([N+](=O)[O-])cc1)N1C(=O)c2ccccc2C1=O. The monoisotopic (exact) mass is 350 g/mol. The number of imide groups is 1. The molecule has 130 valence electrons. The van der Waals surface area contributed by atoms with Crippen molar-refractivity contribution in [3.05, 3.63) is 87.5 Å². The van der Waals surface area contributed by atoms with E-state index in [0.717, 1.165) is 4.90 Å². The average Bonchev–Trinajstić information content (AvgIpc) is 2.88. The van der Waals surface area contributed by atoms with Gasteiger partial charge in [0.1, 0.15) is 0 Å². The molecule has 7 heteroatoms.